The monoisotopic (exact) mass is 331 g/mol. The SMILES string of the molecule is COc1ccc(OC)c(N(CC(=O)OC(C)C)S(C)(=O)=O)c1. The number of methoxy groups -OCH3 is 2. The number of sulfonamides is 1. The summed E-state index contributed by atoms with van der Waals surface area (Å²) in [5.41, 5.74) is 0.213. The van der Waals surface area contributed by atoms with Crippen LogP contribution < -0.4 is 13.8 Å². The zero-order valence-electron chi connectivity index (χ0n) is 13.3. The van der Waals surface area contributed by atoms with Crippen LogP contribution in [0.25, 0.3) is 0 Å². The summed E-state index contributed by atoms with van der Waals surface area (Å²) >= 11 is 0. The van der Waals surface area contributed by atoms with Gasteiger partial charge in [0.05, 0.1) is 32.3 Å². The number of benzene rings is 1. The van der Waals surface area contributed by atoms with Crippen molar-refractivity contribution in [2.24, 2.45) is 0 Å². The van der Waals surface area contributed by atoms with E-state index in [1.807, 2.05) is 0 Å². The van der Waals surface area contributed by atoms with Crippen molar-refractivity contribution in [2.45, 2.75) is 20.0 Å². The van der Waals surface area contributed by atoms with Crippen molar-refractivity contribution in [1.29, 1.82) is 0 Å². The van der Waals surface area contributed by atoms with E-state index in [4.69, 9.17) is 14.2 Å². The van der Waals surface area contributed by atoms with Gasteiger partial charge >= 0.3 is 5.97 Å². The molecule has 0 atom stereocenters. The molecule has 0 aliphatic rings. The zero-order chi connectivity index (χ0) is 16.9. The zero-order valence-corrected chi connectivity index (χ0v) is 14.1. The van der Waals surface area contributed by atoms with Crippen molar-refractivity contribution in [2.75, 3.05) is 31.3 Å². The molecule has 1 rings (SSSR count). The lowest BCUT2D eigenvalue weighted by Gasteiger charge is -2.24. The van der Waals surface area contributed by atoms with Gasteiger partial charge in [0.25, 0.3) is 0 Å². The van der Waals surface area contributed by atoms with Crippen molar-refractivity contribution in [3.8, 4) is 11.5 Å². The average molecular weight is 331 g/mol. The minimum Gasteiger partial charge on any atom is -0.497 e. The van der Waals surface area contributed by atoms with Crippen LogP contribution in [0.5, 0.6) is 11.5 Å². The van der Waals surface area contributed by atoms with Crippen LogP contribution in [0.4, 0.5) is 5.69 Å². The Morgan fingerprint density at radius 1 is 1.23 bits per heavy atom. The molecule has 0 N–H and O–H groups in total. The highest BCUT2D eigenvalue weighted by Gasteiger charge is 2.25. The maximum atomic E-state index is 12.0. The molecular formula is C14H21NO6S. The van der Waals surface area contributed by atoms with Gasteiger partial charge in [0, 0.05) is 6.07 Å². The molecule has 0 aliphatic carbocycles. The number of rotatable bonds is 7. The van der Waals surface area contributed by atoms with Gasteiger partial charge in [-0.1, -0.05) is 0 Å². The third-order valence-corrected chi connectivity index (χ3v) is 3.82. The predicted octanol–water partition coefficient (Wildman–Crippen LogP) is 1.42. The van der Waals surface area contributed by atoms with Crippen LogP contribution in [0.1, 0.15) is 13.8 Å². The molecule has 0 amide bonds. The maximum Gasteiger partial charge on any atom is 0.327 e. The van der Waals surface area contributed by atoms with E-state index < -0.39 is 22.5 Å². The van der Waals surface area contributed by atoms with Crippen LogP contribution in [-0.2, 0) is 19.6 Å². The van der Waals surface area contributed by atoms with Crippen LogP contribution in [0.2, 0.25) is 0 Å². The average Bonchev–Trinajstić information content (AvgIpc) is 2.42. The van der Waals surface area contributed by atoms with Gasteiger partial charge in [-0.2, -0.15) is 0 Å². The minimum atomic E-state index is -3.71. The van der Waals surface area contributed by atoms with Crippen molar-refractivity contribution in [3.05, 3.63) is 18.2 Å². The first-order valence-corrected chi connectivity index (χ1v) is 8.43. The molecule has 0 radical (unpaired) electrons. The van der Waals surface area contributed by atoms with Gasteiger partial charge in [-0.05, 0) is 26.0 Å². The van der Waals surface area contributed by atoms with E-state index in [0.29, 0.717) is 11.5 Å². The van der Waals surface area contributed by atoms with E-state index >= 15 is 0 Å². The molecule has 0 aromatic heterocycles. The molecule has 0 saturated heterocycles. The predicted molar refractivity (Wildman–Crippen MR) is 83.0 cm³/mol. The van der Waals surface area contributed by atoms with Crippen molar-refractivity contribution >= 4 is 21.7 Å². The molecule has 0 bridgehead atoms. The highest BCUT2D eigenvalue weighted by molar-refractivity contribution is 7.92. The lowest BCUT2D eigenvalue weighted by atomic mass is 10.2. The number of carbonyl (C=O) groups is 1. The van der Waals surface area contributed by atoms with Crippen molar-refractivity contribution in [3.63, 3.8) is 0 Å². The van der Waals surface area contributed by atoms with Crippen LogP contribution in [0, 0.1) is 0 Å². The van der Waals surface area contributed by atoms with Gasteiger partial charge in [0.1, 0.15) is 18.0 Å². The van der Waals surface area contributed by atoms with E-state index in [1.54, 1.807) is 26.0 Å². The largest absolute Gasteiger partial charge is 0.497 e. The van der Waals surface area contributed by atoms with E-state index in [-0.39, 0.29) is 11.8 Å². The third kappa shape index (κ3) is 4.80. The summed E-state index contributed by atoms with van der Waals surface area (Å²) in [6.45, 7) is 2.93. The molecule has 1 aromatic rings. The Hall–Kier alpha value is -1.96. The van der Waals surface area contributed by atoms with Gasteiger partial charge in [-0.3, -0.25) is 9.10 Å². The second kappa shape index (κ2) is 7.35. The van der Waals surface area contributed by atoms with Gasteiger partial charge in [0.2, 0.25) is 10.0 Å². The molecule has 0 saturated carbocycles. The first kappa shape index (κ1) is 18.1. The van der Waals surface area contributed by atoms with Gasteiger partial charge < -0.3 is 14.2 Å². The van der Waals surface area contributed by atoms with Gasteiger partial charge in [-0.25, -0.2) is 8.42 Å². The molecular weight excluding hydrogens is 310 g/mol. The van der Waals surface area contributed by atoms with Crippen molar-refractivity contribution < 1.29 is 27.4 Å². The lowest BCUT2D eigenvalue weighted by molar-refractivity contribution is -0.145. The Labute approximate surface area is 130 Å². The van der Waals surface area contributed by atoms with Gasteiger partial charge in [-0.15, -0.1) is 0 Å². The Morgan fingerprint density at radius 3 is 2.32 bits per heavy atom. The third-order valence-electron chi connectivity index (χ3n) is 2.69. The summed E-state index contributed by atoms with van der Waals surface area (Å²) in [4.78, 5) is 11.8. The molecule has 0 aliphatic heterocycles. The molecule has 8 heteroatoms. The Kier molecular flexibility index (Phi) is 6.04. The number of hydrogen-bond donors (Lipinski definition) is 0. The van der Waals surface area contributed by atoms with Crippen LogP contribution >= 0.6 is 0 Å². The number of hydrogen-bond acceptors (Lipinski definition) is 6. The van der Waals surface area contributed by atoms with E-state index in [1.165, 1.54) is 20.3 Å². The standard InChI is InChI=1S/C14H21NO6S/c1-10(2)21-14(16)9-15(22(5,17)18)12-8-11(19-3)6-7-13(12)20-4/h6-8,10H,9H2,1-5H3. The maximum absolute atomic E-state index is 12.0. The summed E-state index contributed by atoms with van der Waals surface area (Å²) in [5.74, 6) is 0.107. The molecule has 22 heavy (non-hydrogen) atoms. The Morgan fingerprint density at radius 2 is 1.86 bits per heavy atom. The fraction of sp³-hybridized carbons (Fsp3) is 0.500. The minimum absolute atomic E-state index is 0.213. The Bertz CT molecular complexity index is 626. The summed E-state index contributed by atoms with van der Waals surface area (Å²) in [6.07, 6.45) is 0.676. The first-order valence-electron chi connectivity index (χ1n) is 6.58. The summed E-state index contributed by atoms with van der Waals surface area (Å²) in [5, 5.41) is 0. The van der Waals surface area contributed by atoms with Crippen LogP contribution in [0.3, 0.4) is 0 Å². The molecule has 124 valence electrons. The Balaban J connectivity index is 3.26. The fourth-order valence-corrected chi connectivity index (χ4v) is 2.63. The molecule has 1 aromatic carbocycles. The number of anilines is 1. The number of esters is 1. The second-order valence-corrected chi connectivity index (χ2v) is 6.75. The topological polar surface area (TPSA) is 82.1 Å². The highest BCUT2D eigenvalue weighted by atomic mass is 32.2. The van der Waals surface area contributed by atoms with E-state index in [9.17, 15) is 13.2 Å². The lowest BCUT2D eigenvalue weighted by Crippen LogP contribution is -2.36. The fourth-order valence-electron chi connectivity index (χ4n) is 1.79. The summed E-state index contributed by atoms with van der Waals surface area (Å²) in [6, 6.07) is 4.69. The van der Waals surface area contributed by atoms with Crippen LogP contribution in [-0.4, -0.2) is 47.5 Å². The first-order chi connectivity index (χ1) is 10.2. The number of carbonyl (C=O) groups excluding carboxylic acids is 1. The highest BCUT2D eigenvalue weighted by Crippen LogP contribution is 2.33. The molecule has 0 unspecified atom stereocenters. The van der Waals surface area contributed by atoms with Crippen LogP contribution in [0.15, 0.2) is 18.2 Å². The summed E-state index contributed by atoms with van der Waals surface area (Å²) in [7, 11) is -0.833. The number of ether oxygens (including phenoxy) is 3. The smallest absolute Gasteiger partial charge is 0.327 e. The quantitative estimate of drug-likeness (QED) is 0.703. The van der Waals surface area contributed by atoms with E-state index in [2.05, 4.69) is 0 Å². The molecule has 0 fully saturated rings. The van der Waals surface area contributed by atoms with E-state index in [0.717, 1.165) is 10.6 Å². The molecule has 0 spiro atoms. The molecule has 0 heterocycles. The normalized spacial score (nSPS) is 11.2. The van der Waals surface area contributed by atoms with Gasteiger partial charge in [0.15, 0.2) is 0 Å². The van der Waals surface area contributed by atoms with Crippen molar-refractivity contribution in [1.82, 2.24) is 0 Å². The summed E-state index contributed by atoms with van der Waals surface area (Å²) < 4.78 is 40.3. The number of nitrogens with zero attached hydrogens (tertiary/aromatic N) is 1. The second-order valence-electron chi connectivity index (χ2n) is 4.85. The molecule has 7 nitrogen and oxygen atoms in total.